The first-order valence-electron chi connectivity index (χ1n) is 16.7. The van der Waals surface area contributed by atoms with E-state index in [1.807, 2.05) is 6.07 Å². The zero-order chi connectivity index (χ0) is 45.4. The predicted octanol–water partition coefficient (Wildman–Crippen LogP) is 7.63. The van der Waals surface area contributed by atoms with Crippen molar-refractivity contribution in [2.75, 3.05) is 10.6 Å². The van der Waals surface area contributed by atoms with Crippen molar-refractivity contribution in [1.82, 2.24) is 4.98 Å². The minimum atomic E-state index is -4.82. The van der Waals surface area contributed by atoms with E-state index in [4.69, 9.17) is 0 Å². The molecule has 318 valence electrons. The molecule has 0 spiro atoms. The number of hydrogen-bond donors (Lipinski definition) is 6. The minimum Gasteiger partial charge on any atom is -0.339 e. The van der Waals surface area contributed by atoms with Gasteiger partial charge in [-0.3, -0.25) is 28.3 Å². The normalized spacial score (nSPS) is 12.5. The molecule has 27 heteroatoms. The largest absolute Gasteiger partial charge is 0.339 e. The lowest BCUT2D eigenvalue weighted by atomic mass is 10.1. The lowest BCUT2D eigenvalue weighted by Crippen LogP contribution is -2.05. The second-order valence-electron chi connectivity index (χ2n) is 12.6. The molecule has 23 nitrogen and oxygen atoms in total. The van der Waals surface area contributed by atoms with Crippen LogP contribution >= 0.6 is 0 Å². The second-order valence-corrected chi connectivity index (χ2v) is 18.3. The zero-order valence-corrected chi connectivity index (χ0v) is 34.1. The van der Waals surface area contributed by atoms with E-state index in [-0.39, 0.29) is 62.0 Å². The van der Waals surface area contributed by atoms with Crippen LogP contribution in [-0.4, -0.2) is 61.8 Å². The van der Waals surface area contributed by atoms with Gasteiger partial charge in [-0.05, 0) is 91.9 Å². The van der Waals surface area contributed by atoms with Gasteiger partial charge in [0.25, 0.3) is 46.2 Å². The molecule has 0 atom stereocenters. The summed E-state index contributed by atoms with van der Waals surface area (Å²) in [7, 11) is -18.7. The molecule has 0 saturated carbocycles. The molecule has 0 bridgehead atoms. The van der Waals surface area contributed by atoms with Crippen molar-refractivity contribution in [3.05, 3.63) is 118 Å². The number of nitro groups is 1. The number of azo groups is 2. The minimum absolute atomic E-state index is 0.0235. The SMILES string of the molecule is Cc1c(C#N)c(Nc2ccc(S(=O)(=O)O)cc2)nc(Nc2ccc(S(=O)(=O)O)cc2)c1N=Nc1ccc(N=Nc2ccc(S(=O)(=O)O)cc2[N+](=O)[O-])c2ccc(S(=O)(=O)O)cc12. The van der Waals surface area contributed by atoms with Crippen molar-refractivity contribution in [2.24, 2.45) is 20.5 Å². The quantitative estimate of drug-likeness (QED) is 0.0280. The Morgan fingerprint density at radius 1 is 0.581 bits per heavy atom. The molecular formula is C35H25N9O14S4. The van der Waals surface area contributed by atoms with Crippen LogP contribution in [0.4, 0.5) is 51.4 Å². The van der Waals surface area contributed by atoms with E-state index in [1.54, 1.807) is 0 Å². The summed E-state index contributed by atoms with van der Waals surface area (Å²) < 4.78 is 132. The van der Waals surface area contributed by atoms with Gasteiger partial charge in [-0.2, -0.15) is 38.9 Å². The summed E-state index contributed by atoms with van der Waals surface area (Å²) in [5.74, 6) is -0.205. The number of benzene rings is 5. The molecule has 0 radical (unpaired) electrons. The lowest BCUT2D eigenvalue weighted by molar-refractivity contribution is -0.384. The molecule has 62 heavy (non-hydrogen) atoms. The molecular weight excluding hydrogens is 899 g/mol. The summed E-state index contributed by atoms with van der Waals surface area (Å²) in [4.78, 5) is 13.0. The summed E-state index contributed by atoms with van der Waals surface area (Å²) in [5.41, 5.74) is -1.01. The van der Waals surface area contributed by atoms with Crippen LogP contribution in [0.15, 0.2) is 137 Å². The van der Waals surface area contributed by atoms with Crippen LogP contribution in [0.1, 0.15) is 11.1 Å². The molecule has 0 fully saturated rings. The van der Waals surface area contributed by atoms with Gasteiger partial charge in [-0.15, -0.1) is 20.5 Å². The molecule has 0 amide bonds. The highest BCUT2D eigenvalue weighted by Crippen LogP contribution is 2.41. The van der Waals surface area contributed by atoms with Crippen molar-refractivity contribution in [3.63, 3.8) is 0 Å². The smallest absolute Gasteiger partial charge is 0.298 e. The van der Waals surface area contributed by atoms with E-state index >= 15 is 0 Å². The van der Waals surface area contributed by atoms with Gasteiger partial charge in [-0.1, -0.05) is 6.07 Å². The van der Waals surface area contributed by atoms with Gasteiger partial charge in [0.05, 0.1) is 36.5 Å². The number of pyridine rings is 1. The van der Waals surface area contributed by atoms with E-state index in [0.29, 0.717) is 6.07 Å². The van der Waals surface area contributed by atoms with Gasteiger partial charge >= 0.3 is 0 Å². The van der Waals surface area contributed by atoms with Crippen LogP contribution in [-0.2, 0) is 40.5 Å². The van der Waals surface area contributed by atoms with Crippen molar-refractivity contribution in [1.29, 1.82) is 5.26 Å². The third-order valence-corrected chi connectivity index (χ3v) is 12.0. The number of hydrogen-bond acceptors (Lipinski definition) is 18. The van der Waals surface area contributed by atoms with Crippen molar-refractivity contribution < 1.29 is 56.8 Å². The Balaban J connectivity index is 1.49. The van der Waals surface area contributed by atoms with E-state index in [9.17, 15) is 67.3 Å². The van der Waals surface area contributed by atoms with Gasteiger partial charge in [0.2, 0.25) is 0 Å². The molecule has 5 aromatic carbocycles. The number of aromatic nitrogens is 1. The Morgan fingerprint density at radius 3 is 1.50 bits per heavy atom. The van der Waals surface area contributed by atoms with Crippen LogP contribution < -0.4 is 10.6 Å². The fourth-order valence-electron chi connectivity index (χ4n) is 5.56. The standard InChI is InChI=1S/C35H25N9O14S4/c1-19-28(18-36)34(37-20-2-6-22(7-3-20)59(47,48)49)39-35(38-21-4-8-23(9-5-21)60(50,51)52)33(19)43-41-30-15-14-29(26-12-10-24(16-27(26)30)61(53,54)55)40-42-31-13-11-25(62(56,57)58)17-32(31)44(45)46/h2-17H,1H3,(H2,37,38,39)(H,47,48,49)(H,50,51,52)(H,53,54,55)(H,56,57,58). The number of anilines is 4. The van der Waals surface area contributed by atoms with Gasteiger partial charge in [-0.25, -0.2) is 4.98 Å². The number of nitrogens with zero attached hydrogens (tertiary/aromatic N) is 7. The maximum atomic E-state index is 12.2. The fraction of sp³-hybridized carbons (Fsp3) is 0.0286. The topological polar surface area (TPSA) is 371 Å². The van der Waals surface area contributed by atoms with Gasteiger partial charge in [0.15, 0.2) is 17.3 Å². The highest BCUT2D eigenvalue weighted by molar-refractivity contribution is 7.86. The van der Waals surface area contributed by atoms with Crippen molar-refractivity contribution >= 4 is 103 Å². The first kappa shape index (κ1) is 44.4. The number of fused-ring (bicyclic) bond motifs is 1. The van der Waals surface area contributed by atoms with Crippen LogP contribution in [0.5, 0.6) is 0 Å². The van der Waals surface area contributed by atoms with Gasteiger partial charge in [0.1, 0.15) is 16.7 Å². The van der Waals surface area contributed by atoms with Crippen LogP contribution in [0.25, 0.3) is 10.8 Å². The van der Waals surface area contributed by atoms with Crippen molar-refractivity contribution in [2.45, 2.75) is 26.5 Å². The number of nitriles is 1. The lowest BCUT2D eigenvalue weighted by Gasteiger charge is -2.16. The Kier molecular flexibility index (Phi) is 12.0. The predicted molar refractivity (Wildman–Crippen MR) is 218 cm³/mol. The molecule has 0 unspecified atom stereocenters. The number of rotatable bonds is 13. The third-order valence-electron chi connectivity index (χ3n) is 8.56. The van der Waals surface area contributed by atoms with Gasteiger partial charge in [0, 0.05) is 33.8 Å². The molecule has 1 heterocycles. The van der Waals surface area contributed by atoms with Crippen LogP contribution in [0, 0.1) is 28.4 Å². The van der Waals surface area contributed by atoms with E-state index in [0.717, 1.165) is 48.5 Å². The highest BCUT2D eigenvalue weighted by Gasteiger charge is 2.22. The Morgan fingerprint density at radius 2 is 1.00 bits per heavy atom. The Hall–Kier alpha value is -7.16. The summed E-state index contributed by atoms with van der Waals surface area (Å²) in [5, 5.41) is 44.4. The Bertz CT molecular complexity index is 3400. The third kappa shape index (κ3) is 9.89. The average Bonchev–Trinajstić information content (AvgIpc) is 3.19. The molecule has 0 aliphatic heterocycles. The maximum Gasteiger partial charge on any atom is 0.298 e. The molecule has 6 rings (SSSR count). The molecule has 1 aromatic heterocycles. The summed E-state index contributed by atoms with van der Waals surface area (Å²) in [6.07, 6.45) is 0. The first-order valence-corrected chi connectivity index (χ1v) is 22.5. The maximum absolute atomic E-state index is 12.2. The second kappa shape index (κ2) is 16.7. The summed E-state index contributed by atoms with van der Waals surface area (Å²) in [6.45, 7) is 1.47. The molecule has 6 aromatic rings. The van der Waals surface area contributed by atoms with E-state index in [1.165, 1.54) is 49.4 Å². The van der Waals surface area contributed by atoms with Crippen LogP contribution in [0.2, 0.25) is 0 Å². The van der Waals surface area contributed by atoms with Crippen LogP contribution in [0.3, 0.4) is 0 Å². The molecule has 0 aliphatic carbocycles. The zero-order valence-electron chi connectivity index (χ0n) is 30.9. The van der Waals surface area contributed by atoms with E-state index < -0.39 is 76.4 Å². The number of nitrogens with one attached hydrogen (secondary N) is 2. The number of nitro benzene ring substituents is 1. The fourth-order valence-corrected chi connectivity index (χ4v) is 7.53. The first-order chi connectivity index (χ1) is 28.9. The Labute approximate surface area is 350 Å². The summed E-state index contributed by atoms with van der Waals surface area (Å²) in [6, 6.07) is 19.7. The van der Waals surface area contributed by atoms with E-state index in [2.05, 4.69) is 36.1 Å². The molecule has 6 N–H and O–H groups in total. The van der Waals surface area contributed by atoms with Gasteiger partial charge < -0.3 is 10.6 Å². The van der Waals surface area contributed by atoms with Crippen molar-refractivity contribution in [3.8, 4) is 6.07 Å². The monoisotopic (exact) mass is 923 g/mol. The highest BCUT2D eigenvalue weighted by atomic mass is 32.2. The molecule has 0 aliphatic rings. The average molecular weight is 924 g/mol. The summed E-state index contributed by atoms with van der Waals surface area (Å²) >= 11 is 0. The molecule has 0 saturated heterocycles.